The Morgan fingerprint density at radius 3 is 2.50 bits per heavy atom. The summed E-state index contributed by atoms with van der Waals surface area (Å²) in [6.07, 6.45) is 2.28. The maximum atomic E-state index is 10.9. The third kappa shape index (κ3) is 5.07. The van der Waals surface area contributed by atoms with Crippen molar-refractivity contribution in [3.8, 4) is 0 Å². The van der Waals surface area contributed by atoms with Gasteiger partial charge in [0.05, 0.1) is 12.3 Å². The van der Waals surface area contributed by atoms with Crippen LogP contribution in [0.2, 0.25) is 0 Å². The van der Waals surface area contributed by atoms with Crippen LogP contribution < -0.4 is 10.6 Å². The lowest BCUT2D eigenvalue weighted by molar-refractivity contribution is -0.122. The van der Waals surface area contributed by atoms with Gasteiger partial charge in [0, 0.05) is 6.08 Å². The van der Waals surface area contributed by atoms with Crippen molar-refractivity contribution in [1.29, 1.82) is 0 Å². The highest BCUT2D eigenvalue weighted by Crippen LogP contribution is 1.84. The van der Waals surface area contributed by atoms with Gasteiger partial charge in [-0.2, -0.15) is 0 Å². The Hall–Kier alpha value is -1.66. The van der Waals surface area contributed by atoms with E-state index in [9.17, 15) is 9.59 Å². The molecule has 6 heteroatoms. The number of carbonyl (C=O) groups excluding carboxylic acids is 2. The van der Waals surface area contributed by atoms with Gasteiger partial charge >= 0.3 is 0 Å². The lowest BCUT2D eigenvalue weighted by Gasteiger charge is -2.04. The first kappa shape index (κ1) is 12.3. The third-order valence-corrected chi connectivity index (χ3v) is 1.16. The molecule has 0 bridgehead atoms. The SMILES string of the molecule is C=C(NC(=O)C=CCO)C(=O)NCO. The first-order chi connectivity index (χ1) is 6.61. The van der Waals surface area contributed by atoms with Crippen LogP contribution in [0.3, 0.4) is 0 Å². The Kier molecular flexibility index (Phi) is 6.01. The number of amides is 2. The van der Waals surface area contributed by atoms with E-state index in [1.165, 1.54) is 6.08 Å². The second-order valence-corrected chi connectivity index (χ2v) is 2.22. The van der Waals surface area contributed by atoms with Gasteiger partial charge in [-0.1, -0.05) is 12.7 Å². The molecule has 2 amide bonds. The minimum Gasteiger partial charge on any atom is -0.392 e. The largest absolute Gasteiger partial charge is 0.392 e. The van der Waals surface area contributed by atoms with Crippen molar-refractivity contribution in [3.63, 3.8) is 0 Å². The van der Waals surface area contributed by atoms with Crippen LogP contribution in [0.5, 0.6) is 0 Å². The van der Waals surface area contributed by atoms with Gasteiger partial charge in [-0.3, -0.25) is 9.59 Å². The normalized spacial score (nSPS) is 9.86. The van der Waals surface area contributed by atoms with Gasteiger partial charge in [0.2, 0.25) is 5.91 Å². The van der Waals surface area contributed by atoms with Gasteiger partial charge in [-0.15, -0.1) is 0 Å². The molecule has 14 heavy (non-hydrogen) atoms. The summed E-state index contributed by atoms with van der Waals surface area (Å²) in [6.45, 7) is 2.48. The highest BCUT2D eigenvalue weighted by Gasteiger charge is 2.06. The number of hydrogen-bond acceptors (Lipinski definition) is 4. The zero-order chi connectivity index (χ0) is 11.0. The Morgan fingerprint density at radius 1 is 1.36 bits per heavy atom. The number of hydrogen-bond donors (Lipinski definition) is 4. The van der Waals surface area contributed by atoms with Crippen molar-refractivity contribution >= 4 is 11.8 Å². The number of nitrogens with one attached hydrogen (secondary N) is 2. The molecule has 0 saturated carbocycles. The second-order valence-electron chi connectivity index (χ2n) is 2.22. The summed E-state index contributed by atoms with van der Waals surface area (Å²) in [6, 6.07) is 0. The average molecular weight is 200 g/mol. The highest BCUT2D eigenvalue weighted by atomic mass is 16.3. The molecule has 0 saturated heterocycles. The monoisotopic (exact) mass is 200 g/mol. The van der Waals surface area contributed by atoms with Crippen LogP contribution in [-0.2, 0) is 9.59 Å². The molecular weight excluding hydrogens is 188 g/mol. The Labute approximate surface area is 80.9 Å². The summed E-state index contributed by atoms with van der Waals surface area (Å²) < 4.78 is 0. The molecule has 0 radical (unpaired) electrons. The topological polar surface area (TPSA) is 98.7 Å². The van der Waals surface area contributed by atoms with Crippen molar-refractivity contribution in [2.45, 2.75) is 0 Å². The lowest BCUT2D eigenvalue weighted by atomic mass is 10.4. The van der Waals surface area contributed by atoms with E-state index in [0.717, 1.165) is 6.08 Å². The predicted molar refractivity (Wildman–Crippen MR) is 48.7 cm³/mol. The molecule has 0 spiro atoms. The van der Waals surface area contributed by atoms with Crippen LogP contribution in [-0.4, -0.2) is 35.4 Å². The summed E-state index contributed by atoms with van der Waals surface area (Å²) in [5, 5.41) is 20.8. The van der Waals surface area contributed by atoms with Crippen LogP contribution >= 0.6 is 0 Å². The predicted octanol–water partition coefficient (Wildman–Crippen LogP) is -1.77. The molecule has 0 heterocycles. The summed E-state index contributed by atoms with van der Waals surface area (Å²) in [5.41, 5.74) is -0.174. The molecule has 0 aromatic rings. The Morgan fingerprint density at radius 2 is 2.00 bits per heavy atom. The lowest BCUT2D eigenvalue weighted by Crippen LogP contribution is -2.33. The van der Waals surface area contributed by atoms with E-state index < -0.39 is 18.5 Å². The highest BCUT2D eigenvalue weighted by molar-refractivity contribution is 5.99. The standard InChI is InChI=1S/C8H12N2O4/c1-6(8(14)9-5-12)10-7(13)3-2-4-11/h2-3,11-12H,1,4-5H2,(H,9,14)(H,10,13). The molecule has 0 fully saturated rings. The molecule has 0 aromatic heterocycles. The minimum atomic E-state index is -0.668. The van der Waals surface area contributed by atoms with Crippen molar-refractivity contribution in [3.05, 3.63) is 24.4 Å². The first-order valence-electron chi connectivity index (χ1n) is 3.78. The molecule has 0 aromatic carbocycles. The number of carbonyl (C=O) groups is 2. The van der Waals surface area contributed by atoms with Crippen molar-refractivity contribution < 1.29 is 19.8 Å². The fraction of sp³-hybridized carbons (Fsp3) is 0.250. The van der Waals surface area contributed by atoms with Crippen LogP contribution in [0.1, 0.15) is 0 Å². The van der Waals surface area contributed by atoms with Crippen LogP contribution in [0.25, 0.3) is 0 Å². The molecule has 0 aliphatic heterocycles. The zero-order valence-corrected chi connectivity index (χ0v) is 7.49. The smallest absolute Gasteiger partial charge is 0.268 e. The molecule has 4 N–H and O–H groups in total. The van der Waals surface area contributed by atoms with Crippen LogP contribution in [0.15, 0.2) is 24.4 Å². The molecule has 0 unspecified atom stereocenters. The van der Waals surface area contributed by atoms with Crippen molar-refractivity contribution in [1.82, 2.24) is 10.6 Å². The van der Waals surface area contributed by atoms with Gasteiger partial charge < -0.3 is 20.8 Å². The van der Waals surface area contributed by atoms with Crippen molar-refractivity contribution in [2.24, 2.45) is 0 Å². The van der Waals surface area contributed by atoms with Crippen LogP contribution in [0, 0.1) is 0 Å². The van der Waals surface area contributed by atoms with E-state index in [0.29, 0.717) is 0 Å². The van der Waals surface area contributed by atoms with Gasteiger partial charge in [-0.25, -0.2) is 0 Å². The summed E-state index contributed by atoms with van der Waals surface area (Å²) in [4.78, 5) is 21.8. The number of rotatable bonds is 5. The second kappa shape index (κ2) is 6.81. The van der Waals surface area contributed by atoms with Gasteiger partial charge in [0.25, 0.3) is 5.91 Å². The molecule has 0 rings (SSSR count). The Balaban J connectivity index is 3.99. The zero-order valence-electron chi connectivity index (χ0n) is 7.49. The summed E-state index contributed by atoms with van der Waals surface area (Å²) in [5.74, 6) is -1.24. The Bertz CT molecular complexity index is 260. The quantitative estimate of drug-likeness (QED) is 0.312. The van der Waals surface area contributed by atoms with E-state index in [1.54, 1.807) is 0 Å². The maximum Gasteiger partial charge on any atom is 0.268 e. The van der Waals surface area contributed by atoms with Gasteiger partial charge in [0.15, 0.2) is 0 Å². The molecule has 0 aliphatic rings. The number of aliphatic hydroxyl groups is 2. The molecular formula is C8H12N2O4. The third-order valence-electron chi connectivity index (χ3n) is 1.16. The van der Waals surface area contributed by atoms with E-state index in [1.807, 2.05) is 5.32 Å². The molecule has 0 aliphatic carbocycles. The fourth-order valence-electron chi connectivity index (χ4n) is 0.585. The van der Waals surface area contributed by atoms with Gasteiger partial charge in [0.1, 0.15) is 6.73 Å². The van der Waals surface area contributed by atoms with E-state index >= 15 is 0 Å². The minimum absolute atomic E-state index is 0.174. The molecule has 6 nitrogen and oxygen atoms in total. The van der Waals surface area contributed by atoms with Crippen molar-refractivity contribution in [2.75, 3.05) is 13.3 Å². The summed E-state index contributed by atoms with van der Waals surface area (Å²) >= 11 is 0. The first-order valence-corrected chi connectivity index (χ1v) is 3.78. The average Bonchev–Trinajstić information content (AvgIpc) is 2.15. The fourth-order valence-corrected chi connectivity index (χ4v) is 0.585. The summed E-state index contributed by atoms with van der Waals surface area (Å²) in [7, 11) is 0. The molecule has 0 atom stereocenters. The maximum absolute atomic E-state index is 10.9. The van der Waals surface area contributed by atoms with Gasteiger partial charge in [-0.05, 0) is 0 Å². The molecule has 78 valence electrons. The van der Waals surface area contributed by atoms with E-state index in [4.69, 9.17) is 10.2 Å². The van der Waals surface area contributed by atoms with E-state index in [2.05, 4.69) is 11.9 Å². The van der Waals surface area contributed by atoms with E-state index in [-0.39, 0.29) is 12.3 Å². The number of aliphatic hydroxyl groups excluding tert-OH is 2. The van der Waals surface area contributed by atoms with Crippen LogP contribution in [0.4, 0.5) is 0 Å².